The topological polar surface area (TPSA) is 42.7 Å². The summed E-state index contributed by atoms with van der Waals surface area (Å²) in [6, 6.07) is 9.29. The summed E-state index contributed by atoms with van der Waals surface area (Å²) in [5.74, 6) is 1.72. The molecule has 1 atom stereocenters. The van der Waals surface area contributed by atoms with Crippen LogP contribution in [0, 0.1) is 5.92 Å². The van der Waals surface area contributed by atoms with Crippen LogP contribution < -0.4 is 5.32 Å². The van der Waals surface area contributed by atoms with Crippen molar-refractivity contribution in [3.63, 3.8) is 0 Å². The Kier molecular flexibility index (Phi) is 3.83. The highest BCUT2D eigenvalue weighted by molar-refractivity contribution is 5.32. The molecule has 1 aliphatic rings. The van der Waals surface area contributed by atoms with Gasteiger partial charge in [0, 0.05) is 19.5 Å². The first-order valence-corrected chi connectivity index (χ1v) is 7.41. The fraction of sp³-hybridized carbons (Fsp3) is 0.500. The number of aryl methyl sites for hydroxylation is 1. The van der Waals surface area contributed by atoms with Crippen molar-refractivity contribution in [2.24, 2.45) is 13.0 Å². The van der Waals surface area contributed by atoms with Gasteiger partial charge in [-0.2, -0.15) is 5.10 Å². The number of hydrogen-bond donors (Lipinski definition) is 1. The minimum atomic E-state index is 0.468. The quantitative estimate of drug-likeness (QED) is 0.900. The Morgan fingerprint density at radius 2 is 2.00 bits per heavy atom. The van der Waals surface area contributed by atoms with E-state index >= 15 is 0 Å². The lowest BCUT2D eigenvalue weighted by atomic mass is 9.93. The zero-order chi connectivity index (χ0) is 13.9. The minimum Gasteiger partial charge on any atom is -0.314 e. The Bertz CT molecular complexity index is 550. The van der Waals surface area contributed by atoms with Gasteiger partial charge < -0.3 is 5.32 Å². The van der Waals surface area contributed by atoms with Gasteiger partial charge in [0.1, 0.15) is 12.2 Å². The van der Waals surface area contributed by atoms with Gasteiger partial charge in [-0.05, 0) is 36.4 Å². The van der Waals surface area contributed by atoms with Crippen LogP contribution in [0.3, 0.4) is 0 Å². The lowest BCUT2D eigenvalue weighted by Crippen LogP contribution is -2.39. The predicted molar refractivity (Wildman–Crippen MR) is 79.5 cm³/mol. The molecule has 1 heterocycles. The van der Waals surface area contributed by atoms with Crippen molar-refractivity contribution in [3.05, 3.63) is 47.5 Å². The molecule has 20 heavy (non-hydrogen) atoms. The normalized spacial score (nSPS) is 16.3. The molecule has 0 spiro atoms. The molecule has 0 fully saturated rings. The van der Waals surface area contributed by atoms with Crippen molar-refractivity contribution < 1.29 is 0 Å². The molecule has 1 N–H and O–H groups in total. The highest BCUT2D eigenvalue weighted by atomic mass is 15.3. The zero-order valence-electron chi connectivity index (χ0n) is 12.2. The van der Waals surface area contributed by atoms with E-state index < -0.39 is 0 Å². The Morgan fingerprint density at radius 3 is 2.55 bits per heavy atom. The first-order chi connectivity index (χ1) is 9.78. The number of likely N-dealkylation sites (N-methyl/N-ethyl adjacent to an activating group) is 1. The molecule has 0 aliphatic heterocycles. The molecule has 0 amide bonds. The van der Waals surface area contributed by atoms with E-state index in [1.54, 1.807) is 6.33 Å². The Balaban J connectivity index is 1.74. The number of aromatic nitrogens is 3. The molecule has 0 bridgehead atoms. The monoisotopic (exact) mass is 270 g/mol. The van der Waals surface area contributed by atoms with Gasteiger partial charge in [0.15, 0.2) is 0 Å². The molecule has 106 valence electrons. The third-order valence-corrected chi connectivity index (χ3v) is 4.33. The van der Waals surface area contributed by atoms with E-state index in [9.17, 15) is 0 Å². The van der Waals surface area contributed by atoms with Gasteiger partial charge in [-0.1, -0.05) is 31.2 Å². The van der Waals surface area contributed by atoms with Crippen molar-refractivity contribution >= 4 is 0 Å². The first kappa shape index (κ1) is 13.3. The molecular weight excluding hydrogens is 248 g/mol. The van der Waals surface area contributed by atoms with E-state index in [1.807, 2.05) is 11.7 Å². The fourth-order valence-corrected chi connectivity index (χ4v) is 3.25. The average Bonchev–Trinajstić information content (AvgIpc) is 3.04. The summed E-state index contributed by atoms with van der Waals surface area (Å²) in [7, 11) is 1.97. The molecule has 4 heteroatoms. The number of rotatable bonds is 5. The molecule has 3 rings (SSSR count). The molecule has 1 aliphatic carbocycles. The maximum Gasteiger partial charge on any atom is 0.138 e. The highest BCUT2D eigenvalue weighted by Gasteiger charge is 2.28. The van der Waals surface area contributed by atoms with Gasteiger partial charge in [0.25, 0.3) is 0 Å². The number of nitrogens with zero attached hydrogens (tertiary/aromatic N) is 3. The SMILES string of the molecule is CCNC(Cc1ncnn1C)C1Cc2ccccc2C1. The van der Waals surface area contributed by atoms with Gasteiger partial charge in [0.2, 0.25) is 0 Å². The second-order valence-electron chi connectivity index (χ2n) is 5.61. The van der Waals surface area contributed by atoms with Crippen LogP contribution in [0.5, 0.6) is 0 Å². The molecule has 4 nitrogen and oxygen atoms in total. The maximum atomic E-state index is 4.37. The van der Waals surface area contributed by atoms with Crippen molar-refractivity contribution in [1.29, 1.82) is 0 Å². The third-order valence-electron chi connectivity index (χ3n) is 4.33. The van der Waals surface area contributed by atoms with Gasteiger partial charge in [0.05, 0.1) is 0 Å². The number of fused-ring (bicyclic) bond motifs is 1. The smallest absolute Gasteiger partial charge is 0.138 e. The fourth-order valence-electron chi connectivity index (χ4n) is 3.25. The summed E-state index contributed by atoms with van der Waals surface area (Å²) in [5.41, 5.74) is 3.02. The zero-order valence-corrected chi connectivity index (χ0v) is 12.2. The number of nitrogens with one attached hydrogen (secondary N) is 1. The molecule has 0 radical (unpaired) electrons. The number of benzene rings is 1. The lowest BCUT2D eigenvalue weighted by molar-refractivity contribution is 0.359. The summed E-state index contributed by atoms with van der Waals surface area (Å²) >= 11 is 0. The van der Waals surface area contributed by atoms with Crippen LogP contribution in [0.4, 0.5) is 0 Å². The van der Waals surface area contributed by atoms with Crippen LogP contribution in [0.15, 0.2) is 30.6 Å². The van der Waals surface area contributed by atoms with Crippen molar-refractivity contribution in [2.75, 3.05) is 6.54 Å². The molecule has 2 aromatic rings. The first-order valence-electron chi connectivity index (χ1n) is 7.41. The molecular formula is C16H22N4. The summed E-state index contributed by atoms with van der Waals surface area (Å²) in [6.45, 7) is 3.17. The second kappa shape index (κ2) is 5.75. The van der Waals surface area contributed by atoms with E-state index in [0.29, 0.717) is 12.0 Å². The summed E-state index contributed by atoms with van der Waals surface area (Å²) in [5, 5.41) is 7.82. The van der Waals surface area contributed by atoms with Crippen LogP contribution >= 0.6 is 0 Å². The standard InChI is InChI=1S/C16H22N4/c1-3-17-15(10-16-18-11-19-20(16)2)14-8-12-6-4-5-7-13(12)9-14/h4-7,11,14-15,17H,3,8-10H2,1-2H3. The van der Waals surface area contributed by atoms with Crippen molar-refractivity contribution in [1.82, 2.24) is 20.1 Å². The van der Waals surface area contributed by atoms with E-state index in [2.05, 4.69) is 46.6 Å². The van der Waals surface area contributed by atoms with E-state index in [4.69, 9.17) is 0 Å². The number of hydrogen-bond acceptors (Lipinski definition) is 3. The summed E-state index contributed by atoms with van der Waals surface area (Å²) < 4.78 is 1.88. The summed E-state index contributed by atoms with van der Waals surface area (Å²) in [6.07, 6.45) is 4.93. The Morgan fingerprint density at radius 1 is 1.30 bits per heavy atom. The Labute approximate surface area is 120 Å². The minimum absolute atomic E-state index is 0.468. The van der Waals surface area contributed by atoms with Gasteiger partial charge in [-0.15, -0.1) is 0 Å². The van der Waals surface area contributed by atoms with E-state index in [1.165, 1.54) is 24.0 Å². The van der Waals surface area contributed by atoms with Gasteiger partial charge in [-0.25, -0.2) is 4.98 Å². The average molecular weight is 270 g/mol. The third kappa shape index (κ3) is 2.61. The van der Waals surface area contributed by atoms with Crippen LogP contribution in [0.1, 0.15) is 23.9 Å². The van der Waals surface area contributed by atoms with Crippen molar-refractivity contribution in [3.8, 4) is 0 Å². The maximum absolute atomic E-state index is 4.37. The second-order valence-corrected chi connectivity index (χ2v) is 5.61. The molecule has 1 unspecified atom stereocenters. The van der Waals surface area contributed by atoms with E-state index in [-0.39, 0.29) is 0 Å². The Hall–Kier alpha value is -1.68. The predicted octanol–water partition coefficient (Wildman–Crippen LogP) is 1.75. The van der Waals surface area contributed by atoms with Gasteiger partial charge in [-0.3, -0.25) is 4.68 Å². The summed E-state index contributed by atoms with van der Waals surface area (Å²) in [4.78, 5) is 4.37. The lowest BCUT2D eigenvalue weighted by Gasteiger charge is -2.23. The molecule has 0 saturated carbocycles. The van der Waals surface area contributed by atoms with Crippen LogP contribution in [-0.4, -0.2) is 27.4 Å². The highest BCUT2D eigenvalue weighted by Crippen LogP contribution is 2.29. The van der Waals surface area contributed by atoms with Gasteiger partial charge >= 0.3 is 0 Å². The van der Waals surface area contributed by atoms with E-state index in [0.717, 1.165) is 18.8 Å². The van der Waals surface area contributed by atoms with Crippen LogP contribution in [0.25, 0.3) is 0 Å². The largest absolute Gasteiger partial charge is 0.314 e. The molecule has 1 aromatic carbocycles. The molecule has 1 aromatic heterocycles. The van der Waals surface area contributed by atoms with Crippen LogP contribution in [0.2, 0.25) is 0 Å². The van der Waals surface area contributed by atoms with Crippen molar-refractivity contribution in [2.45, 2.75) is 32.2 Å². The molecule has 0 saturated heterocycles. The van der Waals surface area contributed by atoms with Crippen LogP contribution in [-0.2, 0) is 26.3 Å².